The van der Waals surface area contributed by atoms with Crippen molar-refractivity contribution in [3.63, 3.8) is 0 Å². The van der Waals surface area contributed by atoms with Crippen LogP contribution in [0.2, 0.25) is 0 Å². The molecule has 0 saturated carbocycles. The fourth-order valence-electron chi connectivity index (χ4n) is 4.50. The van der Waals surface area contributed by atoms with Gasteiger partial charge in [-0.2, -0.15) is 0 Å². The second-order valence-electron chi connectivity index (χ2n) is 8.15. The van der Waals surface area contributed by atoms with Gasteiger partial charge in [0.1, 0.15) is 17.6 Å². The molecule has 10 nitrogen and oxygen atoms in total. The molecule has 35 heavy (non-hydrogen) atoms. The molecule has 2 amide bonds. The van der Waals surface area contributed by atoms with E-state index < -0.39 is 36.2 Å². The monoisotopic (exact) mass is 482 g/mol. The summed E-state index contributed by atoms with van der Waals surface area (Å²) in [4.78, 5) is 52.5. The molecule has 2 heterocycles. The van der Waals surface area contributed by atoms with E-state index in [1.807, 2.05) is 30.3 Å². The Bertz CT molecular complexity index is 1150. The molecule has 4 rings (SSSR count). The average Bonchev–Trinajstić information content (AvgIpc) is 3.42. The summed E-state index contributed by atoms with van der Waals surface area (Å²) in [6, 6.07) is 10.5. The first-order valence-corrected chi connectivity index (χ1v) is 11.1. The first kappa shape index (κ1) is 24.1. The summed E-state index contributed by atoms with van der Waals surface area (Å²) in [5, 5.41) is 2.72. The van der Waals surface area contributed by atoms with E-state index in [0.717, 1.165) is 5.56 Å². The molecule has 2 aliphatic heterocycles. The number of hydrogen-bond donors (Lipinski definition) is 1. The van der Waals surface area contributed by atoms with Crippen LogP contribution in [0.5, 0.6) is 11.5 Å². The van der Waals surface area contributed by atoms with Gasteiger partial charge in [-0.25, -0.2) is 9.59 Å². The number of fused-ring (bicyclic) bond motifs is 1. The van der Waals surface area contributed by atoms with Crippen LogP contribution >= 0.6 is 0 Å². The topological polar surface area (TPSA) is 120 Å². The zero-order valence-corrected chi connectivity index (χ0v) is 19.6. The molecule has 10 heteroatoms. The lowest BCUT2D eigenvalue weighted by atomic mass is 10.0. The van der Waals surface area contributed by atoms with Crippen LogP contribution in [0.25, 0.3) is 0 Å². The molecular weight excluding hydrogens is 456 g/mol. The molecule has 0 spiro atoms. The van der Waals surface area contributed by atoms with Gasteiger partial charge in [0.05, 0.1) is 21.3 Å². The molecule has 3 atom stereocenters. The number of ether oxygens (including phenoxy) is 4. The second kappa shape index (κ2) is 10.0. The normalized spacial score (nSPS) is 19.6. The maximum absolute atomic E-state index is 13.3. The van der Waals surface area contributed by atoms with Crippen molar-refractivity contribution in [2.75, 3.05) is 21.3 Å². The Kier molecular flexibility index (Phi) is 6.90. The van der Waals surface area contributed by atoms with Crippen molar-refractivity contribution in [1.82, 2.24) is 10.2 Å². The molecule has 1 fully saturated rings. The van der Waals surface area contributed by atoms with E-state index in [4.69, 9.17) is 18.9 Å². The molecule has 2 unspecified atom stereocenters. The van der Waals surface area contributed by atoms with Crippen molar-refractivity contribution in [2.45, 2.75) is 37.6 Å². The number of rotatable bonds is 8. The summed E-state index contributed by atoms with van der Waals surface area (Å²) in [5.41, 5.74) is 1.38. The Morgan fingerprint density at radius 1 is 1.09 bits per heavy atom. The lowest BCUT2D eigenvalue weighted by Crippen LogP contribution is -2.52. The van der Waals surface area contributed by atoms with Crippen LogP contribution in [0.4, 0.5) is 0 Å². The number of nitrogens with one attached hydrogen (secondary N) is 1. The molecule has 0 aromatic heterocycles. The number of nitrogens with zero attached hydrogens (tertiary/aromatic N) is 1. The van der Waals surface area contributed by atoms with E-state index in [2.05, 4.69) is 5.32 Å². The zero-order chi connectivity index (χ0) is 25.1. The minimum atomic E-state index is -1.10. The average molecular weight is 482 g/mol. The van der Waals surface area contributed by atoms with Crippen molar-refractivity contribution in [1.29, 1.82) is 0 Å². The van der Waals surface area contributed by atoms with Crippen molar-refractivity contribution in [2.24, 2.45) is 0 Å². The van der Waals surface area contributed by atoms with Crippen LogP contribution in [0.3, 0.4) is 0 Å². The van der Waals surface area contributed by atoms with Crippen LogP contribution in [-0.2, 0) is 30.3 Å². The summed E-state index contributed by atoms with van der Waals surface area (Å²) < 4.78 is 21.0. The third-order valence-electron chi connectivity index (χ3n) is 6.16. The largest absolute Gasteiger partial charge is 0.493 e. The Morgan fingerprint density at radius 2 is 1.83 bits per heavy atom. The third kappa shape index (κ3) is 4.51. The predicted octanol–water partition coefficient (Wildman–Crippen LogP) is 1.76. The predicted molar refractivity (Wildman–Crippen MR) is 122 cm³/mol. The summed E-state index contributed by atoms with van der Waals surface area (Å²) in [6.45, 7) is 0. The zero-order valence-electron chi connectivity index (χ0n) is 19.6. The van der Waals surface area contributed by atoms with Crippen LogP contribution in [0.15, 0.2) is 42.5 Å². The number of carbonyl (C=O) groups excluding carboxylic acids is 4. The van der Waals surface area contributed by atoms with Crippen LogP contribution < -0.4 is 14.8 Å². The molecule has 2 aromatic rings. The number of esters is 2. The molecule has 0 radical (unpaired) electrons. The highest BCUT2D eigenvalue weighted by Gasteiger charge is 2.48. The molecular formula is C25H26N2O8. The minimum Gasteiger partial charge on any atom is -0.493 e. The van der Waals surface area contributed by atoms with Gasteiger partial charge in [0.15, 0.2) is 11.5 Å². The van der Waals surface area contributed by atoms with E-state index >= 15 is 0 Å². The fourth-order valence-corrected chi connectivity index (χ4v) is 4.50. The minimum absolute atomic E-state index is 0.0936. The molecule has 0 bridgehead atoms. The van der Waals surface area contributed by atoms with Gasteiger partial charge in [-0.15, -0.1) is 0 Å². The van der Waals surface area contributed by atoms with E-state index in [1.165, 1.54) is 26.2 Å². The van der Waals surface area contributed by atoms with Gasteiger partial charge in [0, 0.05) is 18.4 Å². The first-order chi connectivity index (χ1) is 16.9. The number of amides is 2. The molecule has 1 N–H and O–H groups in total. The number of likely N-dealkylation sites (tertiary alicyclic amines) is 1. The summed E-state index contributed by atoms with van der Waals surface area (Å²) in [5.74, 6) is -1.63. The number of hydrogen-bond acceptors (Lipinski definition) is 8. The van der Waals surface area contributed by atoms with E-state index in [0.29, 0.717) is 11.3 Å². The highest BCUT2D eigenvalue weighted by atomic mass is 16.6. The summed E-state index contributed by atoms with van der Waals surface area (Å²) in [6.07, 6.45) is -0.580. The summed E-state index contributed by atoms with van der Waals surface area (Å²) in [7, 11) is 4.09. The van der Waals surface area contributed by atoms with Gasteiger partial charge in [-0.1, -0.05) is 30.3 Å². The second-order valence-corrected chi connectivity index (χ2v) is 8.15. The Labute approximate surface area is 202 Å². The molecule has 2 aliphatic rings. The smallest absolute Gasteiger partial charge is 0.344 e. The quantitative estimate of drug-likeness (QED) is 0.565. The lowest BCUT2D eigenvalue weighted by molar-refractivity contribution is -0.149. The van der Waals surface area contributed by atoms with Gasteiger partial charge in [0.2, 0.25) is 18.0 Å². The highest BCUT2D eigenvalue weighted by Crippen LogP contribution is 2.45. The van der Waals surface area contributed by atoms with Crippen LogP contribution in [0, 0.1) is 0 Å². The summed E-state index contributed by atoms with van der Waals surface area (Å²) >= 11 is 0. The maximum atomic E-state index is 13.3. The number of carbonyl (C=O) groups is 4. The van der Waals surface area contributed by atoms with Gasteiger partial charge in [-0.05, 0) is 24.1 Å². The highest BCUT2D eigenvalue weighted by molar-refractivity contribution is 5.99. The number of benzene rings is 2. The molecule has 1 saturated heterocycles. The molecule has 0 aliphatic carbocycles. The van der Waals surface area contributed by atoms with Gasteiger partial charge in [-0.3, -0.25) is 14.5 Å². The van der Waals surface area contributed by atoms with Crippen molar-refractivity contribution < 1.29 is 38.1 Å². The SMILES string of the molecule is COC(=O)C(Cc1ccccc1)NC(=O)[C@@H]1CCC(=O)N1C1OC(=O)c2c1ccc(OC)c2OC. The van der Waals surface area contributed by atoms with E-state index in [-0.39, 0.29) is 36.5 Å². The van der Waals surface area contributed by atoms with Crippen molar-refractivity contribution in [3.05, 3.63) is 59.2 Å². The molecule has 2 aromatic carbocycles. The Hall–Kier alpha value is -4.08. The molecule has 184 valence electrons. The van der Waals surface area contributed by atoms with Crippen molar-refractivity contribution in [3.8, 4) is 11.5 Å². The van der Waals surface area contributed by atoms with Gasteiger partial charge in [0.25, 0.3) is 0 Å². The lowest BCUT2D eigenvalue weighted by Gasteiger charge is -2.30. The van der Waals surface area contributed by atoms with Gasteiger partial charge >= 0.3 is 11.9 Å². The first-order valence-electron chi connectivity index (χ1n) is 11.1. The van der Waals surface area contributed by atoms with Crippen LogP contribution in [0.1, 0.15) is 40.6 Å². The number of methoxy groups -OCH3 is 3. The standard InChI is InChI=1S/C25H26N2O8/c1-32-18-11-9-15-20(21(18)33-2)25(31)35-23(15)27-17(10-12-19(27)28)22(29)26-16(24(30)34-3)13-14-7-5-4-6-8-14/h4-9,11,16-17,23H,10,12-13H2,1-3H3,(H,26,29)/t16?,17-,23?/m0/s1. The number of cyclic esters (lactones) is 1. The fraction of sp³-hybridized carbons (Fsp3) is 0.360. The van der Waals surface area contributed by atoms with Crippen LogP contribution in [-0.4, -0.2) is 62.1 Å². The Morgan fingerprint density at radius 3 is 2.49 bits per heavy atom. The van der Waals surface area contributed by atoms with Gasteiger partial charge < -0.3 is 24.3 Å². The van der Waals surface area contributed by atoms with E-state index in [9.17, 15) is 19.2 Å². The third-order valence-corrected chi connectivity index (χ3v) is 6.16. The Balaban J connectivity index is 1.60. The van der Waals surface area contributed by atoms with Crippen molar-refractivity contribution >= 4 is 23.8 Å². The maximum Gasteiger partial charge on any atom is 0.344 e. The van der Waals surface area contributed by atoms with E-state index in [1.54, 1.807) is 12.1 Å².